The first-order chi connectivity index (χ1) is 11.9. The Bertz CT molecular complexity index is 784. The van der Waals surface area contributed by atoms with Crippen LogP contribution in [0.2, 0.25) is 0 Å². The van der Waals surface area contributed by atoms with Gasteiger partial charge in [0.1, 0.15) is 0 Å². The van der Waals surface area contributed by atoms with Gasteiger partial charge < -0.3 is 0 Å². The third-order valence-corrected chi connectivity index (χ3v) is 5.50. The summed E-state index contributed by atoms with van der Waals surface area (Å²) in [6.45, 7) is 11.2. The van der Waals surface area contributed by atoms with Crippen molar-refractivity contribution in [3.05, 3.63) is 94.1 Å². The van der Waals surface area contributed by atoms with Crippen molar-refractivity contribution in [2.45, 2.75) is 52.9 Å². The standard InChI is InChI=1S/C25H30/c1-18-6-10-22(11-7-18)17-25(5,23-12-8-19(2)9-13-23)24-15-20(3)14-21(4)16-24/h6,8-16,18H,7,17H2,1-5H3. The Kier molecular flexibility index (Phi) is 4.99. The summed E-state index contributed by atoms with van der Waals surface area (Å²) < 4.78 is 0. The Morgan fingerprint density at radius 1 is 0.880 bits per heavy atom. The van der Waals surface area contributed by atoms with E-state index in [1.165, 1.54) is 33.4 Å². The van der Waals surface area contributed by atoms with Crippen molar-refractivity contribution in [2.24, 2.45) is 5.92 Å². The van der Waals surface area contributed by atoms with E-state index in [-0.39, 0.29) is 5.41 Å². The molecule has 2 aromatic rings. The molecule has 0 aliphatic heterocycles. The fourth-order valence-corrected chi connectivity index (χ4v) is 3.90. The summed E-state index contributed by atoms with van der Waals surface area (Å²) in [5.41, 5.74) is 8.27. The van der Waals surface area contributed by atoms with Gasteiger partial charge in [-0.25, -0.2) is 0 Å². The number of hydrogen-bond acceptors (Lipinski definition) is 0. The molecular weight excluding hydrogens is 300 g/mol. The normalized spacial score (nSPS) is 19.4. The van der Waals surface area contributed by atoms with Gasteiger partial charge in [-0.3, -0.25) is 0 Å². The molecule has 0 fully saturated rings. The zero-order valence-electron chi connectivity index (χ0n) is 16.3. The molecule has 0 amide bonds. The topological polar surface area (TPSA) is 0 Å². The van der Waals surface area contributed by atoms with Crippen molar-refractivity contribution in [1.82, 2.24) is 0 Å². The third-order valence-electron chi connectivity index (χ3n) is 5.50. The number of hydrogen-bond donors (Lipinski definition) is 0. The van der Waals surface area contributed by atoms with Crippen LogP contribution in [-0.2, 0) is 5.41 Å². The van der Waals surface area contributed by atoms with E-state index in [1.54, 1.807) is 0 Å². The summed E-state index contributed by atoms with van der Waals surface area (Å²) in [6, 6.07) is 16.1. The molecule has 0 bridgehead atoms. The lowest BCUT2D eigenvalue weighted by Crippen LogP contribution is -2.25. The first-order valence-corrected chi connectivity index (χ1v) is 9.40. The molecule has 130 valence electrons. The van der Waals surface area contributed by atoms with Gasteiger partial charge in [0.15, 0.2) is 0 Å². The van der Waals surface area contributed by atoms with Gasteiger partial charge in [-0.15, -0.1) is 0 Å². The smallest absolute Gasteiger partial charge is 0.0215 e. The van der Waals surface area contributed by atoms with Gasteiger partial charge in [0.2, 0.25) is 0 Å². The van der Waals surface area contributed by atoms with E-state index in [4.69, 9.17) is 0 Å². The maximum absolute atomic E-state index is 2.43. The number of rotatable bonds is 4. The van der Waals surface area contributed by atoms with Crippen LogP contribution in [0.5, 0.6) is 0 Å². The average molecular weight is 331 g/mol. The van der Waals surface area contributed by atoms with Crippen molar-refractivity contribution in [3.63, 3.8) is 0 Å². The van der Waals surface area contributed by atoms with Gasteiger partial charge in [-0.05, 0) is 50.7 Å². The summed E-state index contributed by atoms with van der Waals surface area (Å²) >= 11 is 0. The van der Waals surface area contributed by atoms with Crippen molar-refractivity contribution in [2.75, 3.05) is 0 Å². The first-order valence-electron chi connectivity index (χ1n) is 9.40. The van der Waals surface area contributed by atoms with E-state index in [1.807, 2.05) is 0 Å². The lowest BCUT2D eigenvalue weighted by molar-refractivity contribution is 0.563. The molecule has 2 aromatic carbocycles. The van der Waals surface area contributed by atoms with Gasteiger partial charge in [0, 0.05) is 5.41 Å². The van der Waals surface area contributed by atoms with Crippen LogP contribution in [0.1, 0.15) is 54.5 Å². The second-order valence-electron chi connectivity index (χ2n) is 8.10. The van der Waals surface area contributed by atoms with Crippen molar-refractivity contribution in [1.29, 1.82) is 0 Å². The molecule has 0 saturated heterocycles. The number of aryl methyl sites for hydroxylation is 3. The number of allylic oxidation sites excluding steroid dienone is 4. The third kappa shape index (κ3) is 3.95. The zero-order valence-corrected chi connectivity index (χ0v) is 16.3. The maximum atomic E-state index is 2.43. The quantitative estimate of drug-likeness (QED) is 0.576. The predicted molar refractivity (Wildman–Crippen MR) is 109 cm³/mol. The molecule has 0 N–H and O–H groups in total. The molecule has 1 aliphatic rings. The van der Waals surface area contributed by atoms with Gasteiger partial charge in [0.05, 0.1) is 0 Å². The highest BCUT2D eigenvalue weighted by atomic mass is 14.3. The molecule has 0 heteroatoms. The van der Waals surface area contributed by atoms with Crippen molar-refractivity contribution < 1.29 is 0 Å². The minimum absolute atomic E-state index is 0.0127. The molecule has 2 unspecified atom stereocenters. The molecule has 1 aliphatic carbocycles. The van der Waals surface area contributed by atoms with Gasteiger partial charge in [-0.1, -0.05) is 96.8 Å². The van der Waals surface area contributed by atoms with Gasteiger partial charge in [0.25, 0.3) is 0 Å². The molecule has 0 radical (unpaired) electrons. The largest absolute Gasteiger partial charge is 0.0811 e. The molecule has 0 heterocycles. The average Bonchev–Trinajstić information content (AvgIpc) is 2.56. The SMILES string of the molecule is Cc1ccc(C(C)(CC2=CCC(C)C=C2)c2cc(C)cc(C)c2)cc1. The van der Waals surface area contributed by atoms with Gasteiger partial charge in [-0.2, -0.15) is 0 Å². The Hall–Kier alpha value is -2.08. The lowest BCUT2D eigenvalue weighted by Gasteiger charge is -2.33. The fourth-order valence-electron chi connectivity index (χ4n) is 3.90. The zero-order chi connectivity index (χ0) is 18.0. The Balaban J connectivity index is 2.07. The first kappa shape index (κ1) is 17.7. The van der Waals surface area contributed by atoms with Crippen LogP contribution in [0.15, 0.2) is 66.3 Å². The van der Waals surface area contributed by atoms with E-state index < -0.39 is 0 Å². The fraction of sp³-hybridized carbons (Fsp3) is 0.360. The monoisotopic (exact) mass is 330 g/mol. The molecular formula is C25H30. The highest BCUT2D eigenvalue weighted by molar-refractivity contribution is 5.45. The molecule has 25 heavy (non-hydrogen) atoms. The van der Waals surface area contributed by atoms with E-state index in [0.717, 1.165) is 12.8 Å². The highest BCUT2D eigenvalue weighted by Gasteiger charge is 2.30. The van der Waals surface area contributed by atoms with E-state index >= 15 is 0 Å². The summed E-state index contributed by atoms with van der Waals surface area (Å²) in [5, 5.41) is 0. The summed E-state index contributed by atoms with van der Waals surface area (Å²) in [7, 11) is 0. The minimum Gasteiger partial charge on any atom is -0.0811 e. The van der Waals surface area contributed by atoms with Crippen LogP contribution in [0.25, 0.3) is 0 Å². The Morgan fingerprint density at radius 3 is 2.08 bits per heavy atom. The molecule has 0 spiro atoms. The summed E-state index contributed by atoms with van der Waals surface area (Å²) in [6.07, 6.45) is 9.32. The second kappa shape index (κ2) is 7.04. The molecule has 2 atom stereocenters. The molecule has 0 aromatic heterocycles. The maximum Gasteiger partial charge on any atom is 0.0215 e. The predicted octanol–water partition coefficient (Wildman–Crippen LogP) is 6.83. The van der Waals surface area contributed by atoms with Crippen molar-refractivity contribution in [3.8, 4) is 0 Å². The summed E-state index contributed by atoms with van der Waals surface area (Å²) in [5.74, 6) is 0.663. The van der Waals surface area contributed by atoms with E-state index in [0.29, 0.717) is 5.92 Å². The van der Waals surface area contributed by atoms with Crippen LogP contribution < -0.4 is 0 Å². The Labute approximate surface area is 153 Å². The number of benzene rings is 2. The molecule has 3 rings (SSSR count). The van der Waals surface area contributed by atoms with Crippen LogP contribution >= 0.6 is 0 Å². The molecule has 0 saturated carbocycles. The van der Waals surface area contributed by atoms with Crippen LogP contribution in [-0.4, -0.2) is 0 Å². The lowest BCUT2D eigenvalue weighted by atomic mass is 9.70. The van der Waals surface area contributed by atoms with Crippen molar-refractivity contribution >= 4 is 0 Å². The van der Waals surface area contributed by atoms with Crippen LogP contribution in [0, 0.1) is 26.7 Å². The van der Waals surface area contributed by atoms with Crippen LogP contribution in [0.3, 0.4) is 0 Å². The van der Waals surface area contributed by atoms with E-state index in [2.05, 4.69) is 95.3 Å². The Morgan fingerprint density at radius 2 is 1.52 bits per heavy atom. The van der Waals surface area contributed by atoms with Crippen LogP contribution in [0.4, 0.5) is 0 Å². The highest BCUT2D eigenvalue weighted by Crippen LogP contribution is 2.40. The van der Waals surface area contributed by atoms with Gasteiger partial charge >= 0.3 is 0 Å². The second-order valence-corrected chi connectivity index (χ2v) is 8.10. The molecule has 0 nitrogen and oxygen atoms in total. The minimum atomic E-state index is -0.0127. The summed E-state index contributed by atoms with van der Waals surface area (Å²) in [4.78, 5) is 0. The van der Waals surface area contributed by atoms with E-state index in [9.17, 15) is 0 Å².